The molecule has 0 saturated carbocycles. The van der Waals surface area contributed by atoms with E-state index >= 15 is 0 Å². The van der Waals surface area contributed by atoms with Crippen LogP contribution in [0, 0.1) is 0 Å². The minimum Gasteiger partial charge on any atom is -0.465 e. The van der Waals surface area contributed by atoms with Crippen LogP contribution in [0.1, 0.15) is 12.7 Å². The summed E-state index contributed by atoms with van der Waals surface area (Å²) >= 11 is 1.50. The van der Waals surface area contributed by atoms with Crippen LogP contribution >= 0.6 is 11.8 Å². The molecule has 0 atom stereocenters. The van der Waals surface area contributed by atoms with Gasteiger partial charge in [-0.25, -0.2) is 4.98 Å². The van der Waals surface area contributed by atoms with Crippen LogP contribution in [-0.2, 0) is 15.3 Å². The van der Waals surface area contributed by atoms with E-state index in [1.807, 2.05) is 31.2 Å². The largest absolute Gasteiger partial charge is 0.465 e. The lowest BCUT2D eigenvalue weighted by atomic mass is 10.3. The summed E-state index contributed by atoms with van der Waals surface area (Å²) in [6.07, 6.45) is 0. The van der Waals surface area contributed by atoms with E-state index < -0.39 is 0 Å². The Morgan fingerprint density at radius 2 is 2.29 bits per heavy atom. The van der Waals surface area contributed by atoms with Crippen molar-refractivity contribution < 1.29 is 9.53 Å². The Morgan fingerprint density at radius 3 is 3.06 bits per heavy atom. The van der Waals surface area contributed by atoms with Crippen LogP contribution in [0.15, 0.2) is 24.3 Å². The average Bonchev–Trinajstić information content (AvgIpc) is 2.71. The maximum absolute atomic E-state index is 11.1. The number of H-pyrrole nitrogens is 1. The highest BCUT2D eigenvalue weighted by Crippen LogP contribution is 2.15. The molecule has 0 unspecified atom stereocenters. The van der Waals surface area contributed by atoms with E-state index in [2.05, 4.69) is 9.97 Å². The average molecular weight is 250 g/mol. The number of thioether (sulfide) groups is 1. The number of imidazole rings is 1. The monoisotopic (exact) mass is 250 g/mol. The summed E-state index contributed by atoms with van der Waals surface area (Å²) in [5.74, 6) is 1.77. The van der Waals surface area contributed by atoms with Crippen molar-refractivity contribution in [2.45, 2.75) is 12.7 Å². The fourth-order valence-corrected chi connectivity index (χ4v) is 2.19. The van der Waals surface area contributed by atoms with Crippen LogP contribution in [0.25, 0.3) is 11.0 Å². The lowest BCUT2D eigenvalue weighted by Gasteiger charge is -1.99. The van der Waals surface area contributed by atoms with Crippen molar-refractivity contribution in [2.24, 2.45) is 0 Å². The van der Waals surface area contributed by atoms with E-state index in [1.165, 1.54) is 11.8 Å². The predicted octanol–water partition coefficient (Wildman–Crippen LogP) is 2.36. The number of carbonyl (C=O) groups is 1. The zero-order valence-electron chi connectivity index (χ0n) is 9.60. The van der Waals surface area contributed by atoms with Crippen LogP contribution in [0.5, 0.6) is 0 Å². The van der Waals surface area contributed by atoms with Gasteiger partial charge in [0.1, 0.15) is 5.82 Å². The first-order valence-electron chi connectivity index (χ1n) is 5.46. The van der Waals surface area contributed by atoms with Crippen molar-refractivity contribution in [2.75, 3.05) is 12.4 Å². The molecule has 1 heterocycles. The SMILES string of the molecule is CCOC(=O)CSCc1nc2ccccc2[nH]1. The van der Waals surface area contributed by atoms with Gasteiger partial charge in [0.05, 0.1) is 29.1 Å². The Morgan fingerprint density at radius 1 is 1.47 bits per heavy atom. The minimum absolute atomic E-state index is 0.173. The van der Waals surface area contributed by atoms with Gasteiger partial charge in [-0.2, -0.15) is 0 Å². The zero-order chi connectivity index (χ0) is 12.1. The molecule has 0 saturated heterocycles. The van der Waals surface area contributed by atoms with Gasteiger partial charge in [0.25, 0.3) is 0 Å². The van der Waals surface area contributed by atoms with Crippen LogP contribution in [0.3, 0.4) is 0 Å². The molecule has 90 valence electrons. The molecule has 2 rings (SSSR count). The van der Waals surface area contributed by atoms with Gasteiger partial charge in [0, 0.05) is 0 Å². The first-order valence-corrected chi connectivity index (χ1v) is 6.62. The number of rotatable bonds is 5. The Hall–Kier alpha value is -1.49. The molecule has 5 heteroatoms. The van der Waals surface area contributed by atoms with E-state index in [9.17, 15) is 4.79 Å². The van der Waals surface area contributed by atoms with Gasteiger partial charge in [-0.3, -0.25) is 4.79 Å². The molecule has 0 aliphatic heterocycles. The standard InChI is InChI=1S/C12H14N2O2S/c1-2-16-12(15)8-17-7-11-13-9-5-3-4-6-10(9)14-11/h3-6H,2,7-8H2,1H3,(H,13,14). The fourth-order valence-electron chi connectivity index (χ4n) is 1.51. The maximum Gasteiger partial charge on any atom is 0.315 e. The summed E-state index contributed by atoms with van der Waals surface area (Å²) in [6.45, 7) is 2.24. The highest BCUT2D eigenvalue weighted by Gasteiger charge is 2.05. The molecule has 0 aliphatic carbocycles. The molecule has 0 bridgehead atoms. The lowest BCUT2D eigenvalue weighted by molar-refractivity contribution is -0.139. The molecule has 2 aromatic rings. The van der Waals surface area contributed by atoms with Gasteiger partial charge in [-0.15, -0.1) is 11.8 Å². The fraction of sp³-hybridized carbons (Fsp3) is 0.333. The Kier molecular flexibility index (Phi) is 4.03. The molecular weight excluding hydrogens is 236 g/mol. The predicted molar refractivity (Wildman–Crippen MR) is 68.9 cm³/mol. The first kappa shape index (κ1) is 12.0. The molecule has 17 heavy (non-hydrogen) atoms. The molecule has 4 nitrogen and oxygen atoms in total. The number of aromatic nitrogens is 2. The molecule has 1 aromatic heterocycles. The number of nitrogens with zero attached hydrogens (tertiary/aromatic N) is 1. The van der Waals surface area contributed by atoms with Gasteiger partial charge < -0.3 is 9.72 Å². The van der Waals surface area contributed by atoms with Crippen LogP contribution in [0.2, 0.25) is 0 Å². The molecule has 0 spiro atoms. The summed E-state index contributed by atoms with van der Waals surface area (Å²) in [5.41, 5.74) is 1.98. The lowest BCUT2D eigenvalue weighted by Crippen LogP contribution is -2.06. The van der Waals surface area contributed by atoms with Gasteiger partial charge >= 0.3 is 5.97 Å². The summed E-state index contributed by atoms with van der Waals surface area (Å²) in [5, 5.41) is 0. The minimum atomic E-state index is -0.173. The van der Waals surface area contributed by atoms with Crippen molar-refractivity contribution >= 4 is 28.8 Å². The molecule has 0 radical (unpaired) electrons. The summed E-state index contributed by atoms with van der Waals surface area (Å²) < 4.78 is 4.85. The molecule has 0 amide bonds. The van der Waals surface area contributed by atoms with Crippen molar-refractivity contribution in [3.05, 3.63) is 30.1 Å². The normalized spacial score (nSPS) is 10.6. The Balaban J connectivity index is 1.89. The number of hydrogen-bond donors (Lipinski definition) is 1. The van der Waals surface area contributed by atoms with Crippen LogP contribution in [0.4, 0.5) is 0 Å². The second-order valence-corrected chi connectivity index (χ2v) is 4.48. The molecule has 1 N–H and O–H groups in total. The summed E-state index contributed by atoms with van der Waals surface area (Å²) in [7, 11) is 0. The number of carbonyl (C=O) groups excluding carboxylic acids is 1. The molecule has 1 aromatic carbocycles. The Labute approximate surface area is 104 Å². The van der Waals surface area contributed by atoms with E-state index in [-0.39, 0.29) is 5.97 Å². The third-order valence-electron chi connectivity index (χ3n) is 2.20. The number of ether oxygens (including phenoxy) is 1. The van der Waals surface area contributed by atoms with Crippen LogP contribution in [-0.4, -0.2) is 28.3 Å². The van der Waals surface area contributed by atoms with Gasteiger partial charge in [-0.05, 0) is 19.1 Å². The van der Waals surface area contributed by atoms with Crippen molar-refractivity contribution in [1.82, 2.24) is 9.97 Å². The smallest absolute Gasteiger partial charge is 0.315 e. The Bertz CT molecular complexity index is 477. The molecular formula is C12H14N2O2S. The van der Waals surface area contributed by atoms with Crippen molar-refractivity contribution in [1.29, 1.82) is 0 Å². The van der Waals surface area contributed by atoms with Gasteiger partial charge in [0.15, 0.2) is 0 Å². The van der Waals surface area contributed by atoms with Crippen molar-refractivity contribution in [3.63, 3.8) is 0 Å². The highest BCUT2D eigenvalue weighted by atomic mass is 32.2. The van der Waals surface area contributed by atoms with Crippen LogP contribution < -0.4 is 0 Å². The summed E-state index contributed by atoms with van der Waals surface area (Å²) in [6, 6.07) is 7.88. The number of esters is 1. The topological polar surface area (TPSA) is 55.0 Å². The highest BCUT2D eigenvalue weighted by molar-refractivity contribution is 7.99. The number of hydrogen-bond acceptors (Lipinski definition) is 4. The number of para-hydroxylation sites is 2. The summed E-state index contributed by atoms with van der Waals surface area (Å²) in [4.78, 5) is 18.8. The third-order valence-corrected chi connectivity index (χ3v) is 3.12. The third kappa shape index (κ3) is 3.23. The van der Waals surface area contributed by atoms with E-state index in [0.29, 0.717) is 18.1 Å². The number of aromatic amines is 1. The van der Waals surface area contributed by atoms with Gasteiger partial charge in [0.2, 0.25) is 0 Å². The number of benzene rings is 1. The second-order valence-electron chi connectivity index (χ2n) is 3.50. The number of nitrogens with one attached hydrogen (secondary N) is 1. The van der Waals surface area contributed by atoms with Gasteiger partial charge in [-0.1, -0.05) is 12.1 Å². The second kappa shape index (κ2) is 5.72. The van der Waals surface area contributed by atoms with E-state index in [1.54, 1.807) is 0 Å². The molecule has 0 aliphatic rings. The quantitative estimate of drug-likeness (QED) is 0.828. The maximum atomic E-state index is 11.1. The zero-order valence-corrected chi connectivity index (χ0v) is 10.4. The van der Waals surface area contributed by atoms with E-state index in [4.69, 9.17) is 4.74 Å². The molecule has 0 fully saturated rings. The van der Waals surface area contributed by atoms with E-state index in [0.717, 1.165) is 16.9 Å². The van der Waals surface area contributed by atoms with Crippen molar-refractivity contribution in [3.8, 4) is 0 Å². The number of fused-ring (bicyclic) bond motifs is 1. The first-order chi connectivity index (χ1) is 8.29.